The Kier molecular flexibility index (Phi) is 7.94. The molecule has 0 radical (unpaired) electrons. The lowest BCUT2D eigenvalue weighted by Gasteiger charge is -2.26. The van der Waals surface area contributed by atoms with Gasteiger partial charge in [-0.25, -0.2) is 9.18 Å². The molecule has 2 amide bonds. The summed E-state index contributed by atoms with van der Waals surface area (Å²) >= 11 is 0. The summed E-state index contributed by atoms with van der Waals surface area (Å²) < 4.78 is 43.1. The van der Waals surface area contributed by atoms with Crippen LogP contribution in [0.5, 0.6) is 5.75 Å². The highest BCUT2D eigenvalue weighted by Crippen LogP contribution is 2.22. The van der Waals surface area contributed by atoms with E-state index in [-0.39, 0.29) is 22.6 Å². The lowest BCUT2D eigenvalue weighted by molar-refractivity contribution is 0.201. The second-order valence-electron chi connectivity index (χ2n) is 8.61. The summed E-state index contributed by atoms with van der Waals surface area (Å²) in [6.45, 7) is 8.88. The van der Waals surface area contributed by atoms with E-state index in [0.29, 0.717) is 13.1 Å². The molecule has 0 aliphatic heterocycles. The average Bonchev–Trinajstić information content (AvgIpc) is 2.77. The lowest BCUT2D eigenvalue weighted by atomic mass is 10.1. The normalized spacial score (nSPS) is 11.4. The smallest absolute Gasteiger partial charge is 0.339 e. The summed E-state index contributed by atoms with van der Waals surface area (Å²) in [6.07, 6.45) is 0. The number of nitrogens with one attached hydrogen (secondary N) is 1. The molecule has 0 unspecified atom stereocenters. The Balaban J connectivity index is 1.72. The van der Waals surface area contributed by atoms with Crippen LogP contribution in [0.25, 0.3) is 0 Å². The number of carbonyl (C=O) groups is 1. The van der Waals surface area contributed by atoms with Crippen molar-refractivity contribution in [1.82, 2.24) is 4.90 Å². The minimum Gasteiger partial charge on any atom is -0.379 e. The van der Waals surface area contributed by atoms with Gasteiger partial charge in [0.1, 0.15) is 16.5 Å². The first-order chi connectivity index (χ1) is 16.0. The molecule has 3 rings (SSSR count). The fourth-order valence-electron chi connectivity index (χ4n) is 3.50. The van der Waals surface area contributed by atoms with Gasteiger partial charge in [0.05, 0.1) is 0 Å². The van der Waals surface area contributed by atoms with Gasteiger partial charge in [-0.2, -0.15) is 8.42 Å². The van der Waals surface area contributed by atoms with Gasteiger partial charge in [0.2, 0.25) is 0 Å². The maximum absolute atomic E-state index is 13.1. The quantitative estimate of drug-likeness (QED) is 0.404. The van der Waals surface area contributed by atoms with Crippen molar-refractivity contribution in [2.75, 3.05) is 11.9 Å². The molecule has 0 saturated heterocycles. The lowest BCUT2D eigenvalue weighted by Crippen LogP contribution is -2.37. The van der Waals surface area contributed by atoms with Gasteiger partial charge in [-0.05, 0) is 72.9 Å². The first-order valence-electron chi connectivity index (χ1n) is 11.0. The number of rotatable bonds is 8. The van der Waals surface area contributed by atoms with Gasteiger partial charge >= 0.3 is 16.1 Å². The van der Waals surface area contributed by atoms with E-state index in [2.05, 4.69) is 5.32 Å². The van der Waals surface area contributed by atoms with Crippen molar-refractivity contribution in [3.05, 3.63) is 89.2 Å². The zero-order valence-electron chi connectivity index (χ0n) is 19.7. The molecule has 3 aromatic carbocycles. The van der Waals surface area contributed by atoms with Crippen molar-refractivity contribution in [1.29, 1.82) is 0 Å². The highest BCUT2D eigenvalue weighted by molar-refractivity contribution is 7.87. The Morgan fingerprint density at radius 1 is 0.971 bits per heavy atom. The number of amides is 2. The molecular formula is C26H29FN2O4S. The highest BCUT2D eigenvalue weighted by Gasteiger charge is 2.19. The van der Waals surface area contributed by atoms with E-state index < -0.39 is 15.9 Å². The van der Waals surface area contributed by atoms with Crippen molar-refractivity contribution in [3.8, 4) is 5.75 Å². The van der Waals surface area contributed by atoms with Crippen molar-refractivity contribution in [3.63, 3.8) is 0 Å². The fraction of sp³-hybridized carbons (Fsp3) is 0.269. The van der Waals surface area contributed by atoms with Crippen LogP contribution in [-0.2, 0) is 16.7 Å². The topological polar surface area (TPSA) is 75.7 Å². The van der Waals surface area contributed by atoms with E-state index in [1.807, 2.05) is 45.9 Å². The summed E-state index contributed by atoms with van der Waals surface area (Å²) in [5.41, 5.74) is 3.60. The molecule has 0 atom stereocenters. The summed E-state index contributed by atoms with van der Waals surface area (Å²) in [5, 5.41) is 3.03. The van der Waals surface area contributed by atoms with Crippen LogP contribution in [0.15, 0.2) is 71.6 Å². The molecule has 8 heteroatoms. The minimum atomic E-state index is -4.08. The van der Waals surface area contributed by atoms with Gasteiger partial charge in [-0.3, -0.25) is 0 Å². The van der Waals surface area contributed by atoms with Crippen LogP contribution < -0.4 is 9.50 Å². The van der Waals surface area contributed by atoms with Crippen LogP contribution >= 0.6 is 0 Å². The second kappa shape index (κ2) is 10.7. The second-order valence-corrected chi connectivity index (χ2v) is 10.2. The Bertz CT molecular complexity index is 1220. The predicted molar refractivity (Wildman–Crippen MR) is 131 cm³/mol. The number of anilines is 1. The van der Waals surface area contributed by atoms with Crippen LogP contribution in [0.4, 0.5) is 14.9 Å². The van der Waals surface area contributed by atoms with Gasteiger partial charge in [0.25, 0.3) is 0 Å². The fourth-order valence-corrected chi connectivity index (χ4v) is 4.43. The standard InChI is InChI=1S/C26H29FN2O4S/c1-18(2)16-29(26(30)28-25-19(3)6-5-7-20(25)4)17-21-8-12-23(13-9-21)33-34(31,32)24-14-10-22(27)11-15-24/h5-15,18H,16-17H2,1-4H3,(H,28,30). The van der Waals surface area contributed by atoms with Crippen LogP contribution in [0.2, 0.25) is 0 Å². The largest absolute Gasteiger partial charge is 0.379 e. The molecule has 0 aliphatic rings. The van der Waals surface area contributed by atoms with Gasteiger partial charge in [0.15, 0.2) is 0 Å². The van der Waals surface area contributed by atoms with Gasteiger partial charge in [-0.15, -0.1) is 0 Å². The first kappa shape index (κ1) is 25.2. The summed E-state index contributed by atoms with van der Waals surface area (Å²) in [6, 6.07) is 16.6. The molecule has 0 aromatic heterocycles. The molecule has 0 fully saturated rings. The van der Waals surface area contributed by atoms with E-state index in [1.54, 1.807) is 17.0 Å². The highest BCUT2D eigenvalue weighted by atomic mass is 32.2. The van der Waals surface area contributed by atoms with Crippen LogP contribution in [-0.4, -0.2) is 25.9 Å². The molecule has 1 N–H and O–H groups in total. The average molecular weight is 485 g/mol. The Morgan fingerprint density at radius 3 is 2.12 bits per heavy atom. The summed E-state index contributed by atoms with van der Waals surface area (Å²) in [5.74, 6) is -0.147. The van der Waals surface area contributed by atoms with Crippen molar-refractivity contribution in [2.24, 2.45) is 5.92 Å². The van der Waals surface area contributed by atoms with Gasteiger partial charge in [0, 0.05) is 18.8 Å². The number of nitrogens with zero attached hydrogens (tertiary/aromatic N) is 1. The zero-order valence-corrected chi connectivity index (χ0v) is 20.5. The molecule has 34 heavy (non-hydrogen) atoms. The number of carbonyl (C=O) groups excluding carboxylic acids is 1. The zero-order chi connectivity index (χ0) is 24.9. The van der Waals surface area contributed by atoms with E-state index in [9.17, 15) is 17.6 Å². The van der Waals surface area contributed by atoms with Crippen LogP contribution in [0, 0.1) is 25.6 Å². The number of urea groups is 1. The molecule has 6 nitrogen and oxygen atoms in total. The number of para-hydroxylation sites is 1. The third-order valence-electron chi connectivity index (χ3n) is 5.19. The maximum Gasteiger partial charge on any atom is 0.339 e. The minimum absolute atomic E-state index is 0.128. The molecule has 0 aliphatic carbocycles. The van der Waals surface area contributed by atoms with E-state index in [4.69, 9.17) is 4.18 Å². The molecule has 0 bridgehead atoms. The van der Waals surface area contributed by atoms with Crippen molar-refractivity contribution in [2.45, 2.75) is 39.1 Å². The Labute approximate surface area is 200 Å². The van der Waals surface area contributed by atoms with E-state index >= 15 is 0 Å². The molecular weight excluding hydrogens is 455 g/mol. The summed E-state index contributed by atoms with van der Waals surface area (Å²) in [4.78, 5) is 14.7. The Hall–Kier alpha value is -3.39. The van der Waals surface area contributed by atoms with E-state index in [1.165, 1.54) is 12.1 Å². The number of aryl methyl sites for hydroxylation is 2. The van der Waals surface area contributed by atoms with Gasteiger partial charge in [-0.1, -0.05) is 44.2 Å². The predicted octanol–water partition coefficient (Wildman–Crippen LogP) is 5.90. The number of benzene rings is 3. The van der Waals surface area contributed by atoms with Crippen molar-refractivity contribution >= 4 is 21.8 Å². The third-order valence-corrected chi connectivity index (χ3v) is 6.45. The monoisotopic (exact) mass is 484 g/mol. The Morgan fingerprint density at radius 2 is 1.56 bits per heavy atom. The maximum atomic E-state index is 13.1. The van der Waals surface area contributed by atoms with Gasteiger partial charge < -0.3 is 14.4 Å². The third kappa shape index (κ3) is 6.57. The first-order valence-corrected chi connectivity index (χ1v) is 12.4. The number of halogens is 1. The summed E-state index contributed by atoms with van der Waals surface area (Å²) in [7, 11) is -4.08. The molecule has 0 heterocycles. The van der Waals surface area contributed by atoms with Crippen LogP contribution in [0.1, 0.15) is 30.5 Å². The van der Waals surface area contributed by atoms with Crippen LogP contribution in [0.3, 0.4) is 0 Å². The molecule has 180 valence electrons. The SMILES string of the molecule is Cc1cccc(C)c1NC(=O)N(Cc1ccc(OS(=O)(=O)c2ccc(F)cc2)cc1)CC(C)C. The van der Waals surface area contributed by atoms with E-state index in [0.717, 1.165) is 46.6 Å². The van der Waals surface area contributed by atoms with Crippen molar-refractivity contribution < 1.29 is 21.8 Å². The molecule has 0 spiro atoms. The molecule has 3 aromatic rings. The number of hydrogen-bond acceptors (Lipinski definition) is 4. The number of hydrogen-bond donors (Lipinski definition) is 1. The molecule has 0 saturated carbocycles.